The maximum atomic E-state index is 13.7. The summed E-state index contributed by atoms with van der Waals surface area (Å²) in [6, 6.07) is 15.8. The van der Waals surface area contributed by atoms with E-state index in [1.165, 1.54) is 22.7 Å². The smallest absolute Gasteiger partial charge is 0.280 e. The molecule has 0 aliphatic heterocycles. The summed E-state index contributed by atoms with van der Waals surface area (Å²) < 4.78 is 3.25. The predicted molar refractivity (Wildman–Crippen MR) is 159 cm³/mol. The third-order valence-electron chi connectivity index (χ3n) is 6.14. The van der Waals surface area contributed by atoms with Gasteiger partial charge < -0.3 is 15.0 Å². The first-order valence-corrected chi connectivity index (χ1v) is 14.2. The maximum Gasteiger partial charge on any atom is 0.280 e. The summed E-state index contributed by atoms with van der Waals surface area (Å²) >= 11 is 8.98. The number of anilines is 1. The van der Waals surface area contributed by atoms with Gasteiger partial charge in [-0.25, -0.2) is 0 Å². The van der Waals surface area contributed by atoms with Gasteiger partial charge in [0, 0.05) is 16.6 Å². The number of pyridine rings is 1. The number of aliphatic hydroxyl groups excluding tert-OH is 1. The zero-order valence-corrected chi connectivity index (χ0v) is 23.4. The van der Waals surface area contributed by atoms with E-state index in [4.69, 9.17) is 11.6 Å². The van der Waals surface area contributed by atoms with Crippen molar-refractivity contribution >= 4 is 52.1 Å². The van der Waals surface area contributed by atoms with Crippen molar-refractivity contribution < 1.29 is 9.90 Å². The van der Waals surface area contributed by atoms with Gasteiger partial charge in [0.2, 0.25) is 0 Å². The number of rotatable bonds is 9. The Bertz CT molecular complexity index is 1810. The van der Waals surface area contributed by atoms with E-state index in [0.29, 0.717) is 22.0 Å². The van der Waals surface area contributed by atoms with Crippen molar-refractivity contribution in [2.75, 3.05) is 5.32 Å². The normalized spacial score (nSPS) is 10.8. The van der Waals surface area contributed by atoms with Crippen molar-refractivity contribution in [2.24, 2.45) is 0 Å². The molecule has 11 heteroatoms. The van der Waals surface area contributed by atoms with Gasteiger partial charge in [0.15, 0.2) is 5.82 Å². The van der Waals surface area contributed by atoms with Gasteiger partial charge in [0.25, 0.3) is 11.5 Å². The third-order valence-corrected chi connectivity index (χ3v) is 8.10. The minimum Gasteiger partial charge on any atom is -0.392 e. The summed E-state index contributed by atoms with van der Waals surface area (Å²) in [6.45, 7) is 4.21. The second-order valence-electron chi connectivity index (χ2n) is 8.77. The third kappa shape index (κ3) is 5.54. The van der Waals surface area contributed by atoms with E-state index in [0.717, 1.165) is 15.1 Å². The maximum absolute atomic E-state index is 13.7. The number of carbonyl (C=O) groups excluding carboxylic acids is 1. The van der Waals surface area contributed by atoms with Crippen LogP contribution in [-0.2, 0) is 19.7 Å². The fraction of sp³-hybridized carbons (Fsp3) is 0.103. The molecule has 0 unspecified atom stereocenters. The summed E-state index contributed by atoms with van der Waals surface area (Å²) in [4.78, 5) is 28.3. The summed E-state index contributed by atoms with van der Waals surface area (Å²) in [6.07, 6.45) is 3.31. The molecule has 4 heterocycles. The zero-order valence-electron chi connectivity index (χ0n) is 21.0. The summed E-state index contributed by atoms with van der Waals surface area (Å²) in [7, 11) is 0. The van der Waals surface area contributed by atoms with Crippen LogP contribution in [0.15, 0.2) is 76.9 Å². The highest BCUT2D eigenvalue weighted by Gasteiger charge is 2.26. The standard InChI is InChI=1S/C29H22ClN5O3S2/c1-2-18-11-23(29(38)34(14-18)15-20-8-9-39-17-20)26-24(12-31)27(32-13-22-6-7-25(30)40-22)35(33-26)28(37)21-5-3-4-19(10-21)16-36/h2-11,14,17,32,36H,1,13,15-16H2. The van der Waals surface area contributed by atoms with Gasteiger partial charge in [-0.15, -0.1) is 11.3 Å². The number of halogens is 1. The number of carbonyl (C=O) groups is 1. The molecule has 4 aromatic heterocycles. The number of benzene rings is 1. The number of nitrogens with one attached hydrogen (secondary N) is 1. The van der Waals surface area contributed by atoms with Gasteiger partial charge >= 0.3 is 0 Å². The van der Waals surface area contributed by atoms with Crippen LogP contribution in [-0.4, -0.2) is 25.4 Å². The van der Waals surface area contributed by atoms with Crippen LogP contribution in [0, 0.1) is 11.3 Å². The van der Waals surface area contributed by atoms with Crippen LogP contribution >= 0.6 is 34.3 Å². The highest BCUT2D eigenvalue weighted by atomic mass is 35.5. The first kappa shape index (κ1) is 27.3. The molecule has 40 heavy (non-hydrogen) atoms. The molecule has 5 rings (SSSR count). The van der Waals surface area contributed by atoms with Gasteiger partial charge in [-0.1, -0.05) is 36.4 Å². The lowest BCUT2D eigenvalue weighted by Crippen LogP contribution is -2.22. The van der Waals surface area contributed by atoms with Gasteiger partial charge in [-0.2, -0.15) is 26.4 Å². The number of nitrogens with zero attached hydrogens (tertiary/aromatic N) is 4. The Balaban J connectivity index is 1.67. The van der Waals surface area contributed by atoms with Crippen molar-refractivity contribution in [3.05, 3.63) is 119 Å². The Morgan fingerprint density at radius 3 is 2.75 bits per heavy atom. The van der Waals surface area contributed by atoms with E-state index in [-0.39, 0.29) is 46.9 Å². The largest absolute Gasteiger partial charge is 0.392 e. The van der Waals surface area contributed by atoms with E-state index >= 15 is 0 Å². The fourth-order valence-electron chi connectivity index (χ4n) is 4.20. The van der Waals surface area contributed by atoms with Crippen LogP contribution in [0.1, 0.15) is 37.5 Å². The lowest BCUT2D eigenvalue weighted by atomic mass is 10.1. The molecule has 0 aliphatic carbocycles. The molecule has 0 spiro atoms. The van der Waals surface area contributed by atoms with Crippen LogP contribution in [0.3, 0.4) is 0 Å². The number of aromatic nitrogens is 3. The Morgan fingerprint density at radius 2 is 2.08 bits per heavy atom. The monoisotopic (exact) mass is 587 g/mol. The fourth-order valence-corrected chi connectivity index (χ4v) is 5.89. The first-order chi connectivity index (χ1) is 19.4. The van der Waals surface area contributed by atoms with E-state index in [2.05, 4.69) is 23.1 Å². The SMILES string of the molecule is C=Cc1cc(-c2nn(C(=O)c3cccc(CO)c3)c(NCc3ccc(Cl)s3)c2C#N)c(=O)n(Cc2ccsc2)c1. The average molecular weight is 588 g/mol. The van der Waals surface area contributed by atoms with Gasteiger partial charge in [0.1, 0.15) is 17.3 Å². The molecule has 0 amide bonds. The summed E-state index contributed by atoms with van der Waals surface area (Å²) in [5.41, 5.74) is 2.38. The average Bonchev–Trinajstić information content (AvgIpc) is 3.72. The number of nitriles is 1. The van der Waals surface area contributed by atoms with Crippen molar-refractivity contribution in [1.29, 1.82) is 5.26 Å². The van der Waals surface area contributed by atoms with Crippen molar-refractivity contribution in [1.82, 2.24) is 14.3 Å². The van der Waals surface area contributed by atoms with Crippen LogP contribution in [0.5, 0.6) is 0 Å². The number of hydrogen-bond acceptors (Lipinski definition) is 8. The molecule has 0 saturated carbocycles. The first-order valence-electron chi connectivity index (χ1n) is 12.1. The predicted octanol–water partition coefficient (Wildman–Crippen LogP) is 5.84. The van der Waals surface area contributed by atoms with Gasteiger partial charge in [-0.3, -0.25) is 9.59 Å². The summed E-state index contributed by atoms with van der Waals surface area (Å²) in [5, 5.41) is 31.4. The second kappa shape index (κ2) is 11.9. The second-order valence-corrected chi connectivity index (χ2v) is 11.4. The molecule has 1 aromatic carbocycles. The molecule has 2 N–H and O–H groups in total. The lowest BCUT2D eigenvalue weighted by molar-refractivity contribution is 0.0947. The molecule has 0 atom stereocenters. The quantitative estimate of drug-likeness (QED) is 0.224. The Morgan fingerprint density at radius 1 is 1.23 bits per heavy atom. The highest BCUT2D eigenvalue weighted by molar-refractivity contribution is 7.16. The zero-order chi connectivity index (χ0) is 28.2. The molecule has 5 aromatic rings. The van der Waals surface area contributed by atoms with Crippen molar-refractivity contribution in [3.63, 3.8) is 0 Å². The number of thiophene rings is 2. The van der Waals surface area contributed by atoms with E-state index in [1.807, 2.05) is 22.9 Å². The number of aliphatic hydroxyl groups is 1. The van der Waals surface area contributed by atoms with Gasteiger partial charge in [-0.05, 0) is 63.8 Å². The number of hydrogen-bond donors (Lipinski definition) is 2. The topological polar surface area (TPSA) is 113 Å². The Kier molecular flexibility index (Phi) is 8.09. The van der Waals surface area contributed by atoms with Crippen molar-refractivity contribution in [3.8, 4) is 17.3 Å². The molecule has 0 fully saturated rings. The minimum atomic E-state index is -0.525. The van der Waals surface area contributed by atoms with Crippen LogP contribution < -0.4 is 10.9 Å². The Hall–Kier alpha value is -4.27. The summed E-state index contributed by atoms with van der Waals surface area (Å²) in [5.74, 6) is -0.377. The lowest BCUT2D eigenvalue weighted by Gasteiger charge is -2.09. The molecule has 0 radical (unpaired) electrons. The van der Waals surface area contributed by atoms with Crippen LogP contribution in [0.2, 0.25) is 4.34 Å². The van der Waals surface area contributed by atoms with E-state index < -0.39 is 5.91 Å². The Labute approximate surface area is 242 Å². The molecule has 0 aliphatic rings. The van der Waals surface area contributed by atoms with Crippen molar-refractivity contribution in [2.45, 2.75) is 19.7 Å². The molecule has 8 nitrogen and oxygen atoms in total. The molecule has 200 valence electrons. The molecule has 0 bridgehead atoms. The van der Waals surface area contributed by atoms with E-state index in [1.54, 1.807) is 53.2 Å². The molecular weight excluding hydrogens is 566 g/mol. The van der Waals surface area contributed by atoms with Crippen LogP contribution in [0.25, 0.3) is 17.3 Å². The minimum absolute atomic E-state index is 0.0507. The highest BCUT2D eigenvalue weighted by Crippen LogP contribution is 2.30. The molecule has 0 saturated heterocycles. The molecular formula is C29H22ClN5O3S2. The van der Waals surface area contributed by atoms with E-state index in [9.17, 15) is 20.0 Å². The van der Waals surface area contributed by atoms with Gasteiger partial charge in [0.05, 0.1) is 29.6 Å². The van der Waals surface area contributed by atoms with Crippen LogP contribution in [0.4, 0.5) is 5.82 Å².